The molecule has 1 aromatic heterocycles. The van der Waals surface area contributed by atoms with Gasteiger partial charge in [-0.15, -0.1) is 0 Å². The zero-order valence-electron chi connectivity index (χ0n) is 7.34. The van der Waals surface area contributed by atoms with Gasteiger partial charge in [0.05, 0.1) is 0 Å². The summed E-state index contributed by atoms with van der Waals surface area (Å²) in [7, 11) is -2.37. The maximum Gasteiger partial charge on any atom is 0.284 e. The average Bonchev–Trinajstić information content (AvgIpc) is 2.33. The van der Waals surface area contributed by atoms with E-state index in [1.165, 1.54) is 4.57 Å². The minimum atomic E-state index is -4.01. The number of imidazole rings is 1. The standard InChI is InChI=1S/C5H6BrN5O2S/c1-3-8-5(4(6)11(3)2)14(12,13)10-9-7/h1-2H3. The van der Waals surface area contributed by atoms with Gasteiger partial charge in [0.25, 0.3) is 10.0 Å². The van der Waals surface area contributed by atoms with Gasteiger partial charge < -0.3 is 4.57 Å². The van der Waals surface area contributed by atoms with E-state index in [2.05, 4.69) is 30.3 Å². The molecule has 0 saturated heterocycles. The normalized spacial score (nSPS) is 11.1. The summed E-state index contributed by atoms with van der Waals surface area (Å²) in [5, 5.41) is -0.268. The first-order valence-corrected chi connectivity index (χ1v) is 5.63. The van der Waals surface area contributed by atoms with Crippen molar-refractivity contribution in [3.63, 3.8) is 0 Å². The van der Waals surface area contributed by atoms with E-state index >= 15 is 0 Å². The van der Waals surface area contributed by atoms with Crippen LogP contribution in [0.5, 0.6) is 0 Å². The smallest absolute Gasteiger partial charge is 0.284 e. The van der Waals surface area contributed by atoms with Gasteiger partial charge >= 0.3 is 0 Å². The molecule has 1 heterocycles. The van der Waals surface area contributed by atoms with Crippen LogP contribution in [0.1, 0.15) is 5.82 Å². The Bertz CT molecular complexity index is 512. The van der Waals surface area contributed by atoms with Gasteiger partial charge in [0.15, 0.2) is 5.03 Å². The van der Waals surface area contributed by atoms with Crippen LogP contribution in [-0.2, 0) is 17.1 Å². The van der Waals surface area contributed by atoms with E-state index in [-0.39, 0.29) is 9.63 Å². The highest BCUT2D eigenvalue weighted by atomic mass is 79.9. The Labute approximate surface area is 88.6 Å². The maximum atomic E-state index is 11.3. The molecule has 1 rings (SSSR count). The van der Waals surface area contributed by atoms with Crippen LogP contribution in [-0.4, -0.2) is 18.0 Å². The second kappa shape index (κ2) is 3.60. The number of nitrogens with zero attached hydrogens (tertiary/aromatic N) is 5. The van der Waals surface area contributed by atoms with Crippen LogP contribution in [0.15, 0.2) is 14.1 Å². The zero-order chi connectivity index (χ0) is 10.9. The molecule has 0 aliphatic heterocycles. The van der Waals surface area contributed by atoms with Crippen molar-refractivity contribution in [1.29, 1.82) is 0 Å². The number of sulfonamides is 1. The Balaban J connectivity index is 3.49. The lowest BCUT2D eigenvalue weighted by molar-refractivity contribution is 0.593. The quantitative estimate of drug-likeness (QED) is 0.466. The molecule has 0 N–H and O–H groups in total. The SMILES string of the molecule is Cc1nc(S(=O)(=O)N=[N+]=[N-])c(Br)n1C. The summed E-state index contributed by atoms with van der Waals surface area (Å²) in [4.78, 5) is 5.99. The van der Waals surface area contributed by atoms with Crippen LogP contribution in [0, 0.1) is 6.92 Å². The molecule has 0 aliphatic rings. The van der Waals surface area contributed by atoms with Crippen molar-refractivity contribution in [3.8, 4) is 0 Å². The number of aryl methyl sites for hydroxylation is 1. The molecule has 0 aromatic carbocycles. The van der Waals surface area contributed by atoms with Crippen molar-refractivity contribution in [3.05, 3.63) is 20.9 Å². The molecule has 0 atom stereocenters. The molecular weight excluding hydrogens is 274 g/mol. The summed E-state index contributed by atoms with van der Waals surface area (Å²) >= 11 is 3.04. The highest BCUT2D eigenvalue weighted by molar-refractivity contribution is 9.10. The third-order valence-electron chi connectivity index (χ3n) is 1.61. The van der Waals surface area contributed by atoms with Crippen molar-refractivity contribution in [1.82, 2.24) is 9.55 Å². The summed E-state index contributed by atoms with van der Waals surface area (Å²) in [5.41, 5.74) is 8.06. The van der Waals surface area contributed by atoms with E-state index in [1.54, 1.807) is 14.0 Å². The predicted molar refractivity (Wildman–Crippen MR) is 52.0 cm³/mol. The summed E-state index contributed by atoms with van der Waals surface area (Å²) in [5.74, 6) is 0.503. The molecule has 0 spiro atoms. The van der Waals surface area contributed by atoms with Crippen LogP contribution < -0.4 is 0 Å². The lowest BCUT2D eigenvalue weighted by atomic mass is 10.7. The second-order valence-electron chi connectivity index (χ2n) is 2.46. The molecule has 0 saturated carbocycles. The first-order chi connectivity index (χ1) is 6.40. The van der Waals surface area contributed by atoms with Gasteiger partial charge in [-0.1, -0.05) is 0 Å². The molecule has 9 heteroatoms. The first-order valence-electron chi connectivity index (χ1n) is 3.40. The van der Waals surface area contributed by atoms with Crippen molar-refractivity contribution in [2.75, 3.05) is 0 Å². The molecule has 0 fully saturated rings. The van der Waals surface area contributed by atoms with E-state index in [0.717, 1.165) is 0 Å². The van der Waals surface area contributed by atoms with Crippen LogP contribution in [0.4, 0.5) is 0 Å². The van der Waals surface area contributed by atoms with Gasteiger partial charge in [0, 0.05) is 16.5 Å². The lowest BCUT2D eigenvalue weighted by Crippen LogP contribution is -1.97. The number of halogens is 1. The van der Waals surface area contributed by atoms with Crippen LogP contribution in [0.2, 0.25) is 0 Å². The van der Waals surface area contributed by atoms with Crippen LogP contribution in [0.25, 0.3) is 10.4 Å². The maximum absolute atomic E-state index is 11.3. The highest BCUT2D eigenvalue weighted by Crippen LogP contribution is 2.23. The van der Waals surface area contributed by atoms with Crippen molar-refractivity contribution < 1.29 is 8.42 Å². The van der Waals surface area contributed by atoms with E-state index < -0.39 is 10.0 Å². The van der Waals surface area contributed by atoms with Gasteiger partial charge in [-0.05, 0) is 28.4 Å². The molecule has 76 valence electrons. The second-order valence-corrected chi connectivity index (χ2v) is 4.71. The molecule has 0 amide bonds. The Kier molecular flexibility index (Phi) is 2.84. The average molecular weight is 280 g/mol. The summed E-state index contributed by atoms with van der Waals surface area (Å²) < 4.78 is 27.1. The third kappa shape index (κ3) is 1.74. The minimum Gasteiger partial charge on any atom is -0.325 e. The Morgan fingerprint density at radius 1 is 1.64 bits per heavy atom. The molecule has 0 radical (unpaired) electrons. The van der Waals surface area contributed by atoms with Crippen LogP contribution >= 0.6 is 15.9 Å². The fraction of sp³-hybridized carbons (Fsp3) is 0.400. The number of aromatic nitrogens is 2. The molecular formula is C5H6BrN5O2S. The van der Waals surface area contributed by atoms with Crippen LogP contribution in [0.3, 0.4) is 0 Å². The number of rotatable bonds is 2. The predicted octanol–water partition coefficient (Wildman–Crippen LogP) is 1.49. The first kappa shape index (κ1) is 11.0. The minimum absolute atomic E-state index is 0.266. The zero-order valence-corrected chi connectivity index (χ0v) is 9.74. The van der Waals surface area contributed by atoms with E-state index in [9.17, 15) is 8.42 Å². The fourth-order valence-corrected chi connectivity index (χ4v) is 2.53. The highest BCUT2D eigenvalue weighted by Gasteiger charge is 2.22. The molecule has 1 aromatic rings. The molecule has 0 aliphatic carbocycles. The number of hydrogen-bond acceptors (Lipinski definition) is 3. The molecule has 7 nitrogen and oxygen atoms in total. The lowest BCUT2D eigenvalue weighted by Gasteiger charge is -1.94. The van der Waals surface area contributed by atoms with Crippen molar-refractivity contribution in [2.45, 2.75) is 11.9 Å². The summed E-state index contributed by atoms with van der Waals surface area (Å²) in [6, 6.07) is 0. The fourth-order valence-electron chi connectivity index (χ4n) is 0.804. The van der Waals surface area contributed by atoms with Crippen molar-refractivity contribution >= 4 is 26.0 Å². The third-order valence-corrected chi connectivity index (χ3v) is 3.84. The van der Waals surface area contributed by atoms with E-state index in [4.69, 9.17) is 5.53 Å². The monoisotopic (exact) mass is 279 g/mol. The van der Waals surface area contributed by atoms with Gasteiger partial charge in [0.1, 0.15) is 10.4 Å². The van der Waals surface area contributed by atoms with Crippen molar-refractivity contribution in [2.24, 2.45) is 11.6 Å². The Hall–Kier alpha value is -1.05. The van der Waals surface area contributed by atoms with Gasteiger partial charge in [-0.2, -0.15) is 0 Å². The Morgan fingerprint density at radius 3 is 2.57 bits per heavy atom. The number of hydrogen-bond donors (Lipinski definition) is 0. The largest absolute Gasteiger partial charge is 0.325 e. The molecule has 0 bridgehead atoms. The topological polar surface area (TPSA) is 101 Å². The van der Waals surface area contributed by atoms with E-state index in [1.807, 2.05) is 0 Å². The van der Waals surface area contributed by atoms with E-state index in [0.29, 0.717) is 5.82 Å². The number of azide groups is 1. The molecule has 14 heavy (non-hydrogen) atoms. The Morgan fingerprint density at radius 2 is 2.21 bits per heavy atom. The summed E-state index contributed by atoms with van der Waals surface area (Å²) in [6.45, 7) is 1.64. The summed E-state index contributed by atoms with van der Waals surface area (Å²) in [6.07, 6.45) is 0. The molecule has 0 unspecified atom stereocenters. The van der Waals surface area contributed by atoms with Gasteiger partial charge in [-0.25, -0.2) is 13.4 Å². The van der Waals surface area contributed by atoms with Gasteiger partial charge in [0.2, 0.25) is 0 Å². The van der Waals surface area contributed by atoms with Gasteiger partial charge in [-0.3, -0.25) is 0 Å².